The van der Waals surface area contributed by atoms with Gasteiger partial charge < -0.3 is 5.32 Å². The van der Waals surface area contributed by atoms with Gasteiger partial charge in [0.2, 0.25) is 0 Å². The summed E-state index contributed by atoms with van der Waals surface area (Å²) in [7, 11) is 0. The summed E-state index contributed by atoms with van der Waals surface area (Å²) < 4.78 is 13.2. The van der Waals surface area contributed by atoms with E-state index in [0.29, 0.717) is 12.0 Å². The third kappa shape index (κ3) is 4.77. The Bertz CT molecular complexity index is 360. The average Bonchev–Trinajstić information content (AvgIpc) is 2.30. The highest BCUT2D eigenvalue weighted by molar-refractivity contribution is 5.29. The van der Waals surface area contributed by atoms with Crippen LogP contribution in [0.15, 0.2) is 18.2 Å². The number of aryl methyl sites for hydroxylation is 1. The first-order valence-electron chi connectivity index (χ1n) is 7.04. The third-order valence-corrected chi connectivity index (χ3v) is 3.28. The van der Waals surface area contributed by atoms with Gasteiger partial charge in [0.25, 0.3) is 0 Å². The van der Waals surface area contributed by atoms with Gasteiger partial charge in [0, 0.05) is 6.04 Å². The molecule has 0 saturated carbocycles. The van der Waals surface area contributed by atoms with Crippen molar-refractivity contribution in [2.75, 3.05) is 6.54 Å². The highest BCUT2D eigenvalue weighted by atomic mass is 19.1. The second-order valence-corrected chi connectivity index (χ2v) is 5.48. The van der Waals surface area contributed by atoms with E-state index in [1.54, 1.807) is 12.1 Å². The predicted molar refractivity (Wildman–Crippen MR) is 76.2 cm³/mol. The molecule has 1 unspecified atom stereocenters. The standard InChI is InChI=1S/C16H26FN/c1-5-10-18-16(9-6-12(2)3)15-8-7-14(17)11-13(15)4/h7-8,11-12,16,18H,5-6,9-10H2,1-4H3. The lowest BCUT2D eigenvalue weighted by atomic mass is 9.94. The molecule has 0 radical (unpaired) electrons. The number of benzene rings is 1. The van der Waals surface area contributed by atoms with Crippen molar-refractivity contribution >= 4 is 0 Å². The Morgan fingerprint density at radius 1 is 1.22 bits per heavy atom. The number of halogens is 1. The SMILES string of the molecule is CCCNC(CCC(C)C)c1ccc(F)cc1C. The Labute approximate surface area is 111 Å². The van der Waals surface area contributed by atoms with Crippen LogP contribution in [0.5, 0.6) is 0 Å². The highest BCUT2D eigenvalue weighted by Crippen LogP contribution is 2.24. The second kappa shape index (κ2) is 7.52. The maximum atomic E-state index is 13.2. The van der Waals surface area contributed by atoms with Crippen LogP contribution in [0.2, 0.25) is 0 Å². The van der Waals surface area contributed by atoms with E-state index in [2.05, 4.69) is 26.1 Å². The Morgan fingerprint density at radius 2 is 1.94 bits per heavy atom. The molecule has 0 heterocycles. The van der Waals surface area contributed by atoms with Gasteiger partial charge >= 0.3 is 0 Å². The van der Waals surface area contributed by atoms with Crippen molar-refractivity contribution in [2.45, 2.75) is 53.0 Å². The lowest BCUT2D eigenvalue weighted by Crippen LogP contribution is -2.23. The van der Waals surface area contributed by atoms with E-state index < -0.39 is 0 Å². The van der Waals surface area contributed by atoms with Crippen molar-refractivity contribution in [3.63, 3.8) is 0 Å². The molecule has 0 aromatic heterocycles. The van der Waals surface area contributed by atoms with Gasteiger partial charge in [0.15, 0.2) is 0 Å². The summed E-state index contributed by atoms with van der Waals surface area (Å²) >= 11 is 0. The van der Waals surface area contributed by atoms with Crippen LogP contribution < -0.4 is 5.32 Å². The predicted octanol–water partition coefficient (Wildman–Crippen LogP) is 4.61. The number of rotatable bonds is 7. The first-order valence-corrected chi connectivity index (χ1v) is 7.04. The zero-order chi connectivity index (χ0) is 13.5. The molecule has 0 bridgehead atoms. The first-order chi connectivity index (χ1) is 8.54. The maximum absolute atomic E-state index is 13.2. The summed E-state index contributed by atoms with van der Waals surface area (Å²) in [6.45, 7) is 9.67. The van der Waals surface area contributed by atoms with Crippen molar-refractivity contribution < 1.29 is 4.39 Å². The van der Waals surface area contributed by atoms with Crippen LogP contribution in [0, 0.1) is 18.7 Å². The highest BCUT2D eigenvalue weighted by Gasteiger charge is 2.13. The molecule has 0 aliphatic carbocycles. The number of hydrogen-bond acceptors (Lipinski definition) is 1. The minimum absolute atomic E-state index is 0.144. The van der Waals surface area contributed by atoms with E-state index in [9.17, 15) is 4.39 Å². The minimum atomic E-state index is -0.144. The van der Waals surface area contributed by atoms with Crippen molar-refractivity contribution in [1.29, 1.82) is 0 Å². The van der Waals surface area contributed by atoms with Gasteiger partial charge in [-0.05, 0) is 61.9 Å². The number of nitrogens with one attached hydrogen (secondary N) is 1. The summed E-state index contributed by atoms with van der Waals surface area (Å²) in [5.41, 5.74) is 2.29. The quantitative estimate of drug-likeness (QED) is 0.746. The lowest BCUT2D eigenvalue weighted by molar-refractivity contribution is 0.439. The molecule has 18 heavy (non-hydrogen) atoms. The first kappa shape index (κ1) is 15.2. The Hall–Kier alpha value is -0.890. The molecular formula is C16H26FN. The summed E-state index contributed by atoms with van der Waals surface area (Å²) in [6.07, 6.45) is 3.43. The van der Waals surface area contributed by atoms with E-state index in [4.69, 9.17) is 0 Å². The molecular weight excluding hydrogens is 225 g/mol. The molecule has 0 amide bonds. The zero-order valence-corrected chi connectivity index (χ0v) is 12.1. The van der Waals surface area contributed by atoms with Crippen LogP contribution >= 0.6 is 0 Å². The maximum Gasteiger partial charge on any atom is 0.123 e. The van der Waals surface area contributed by atoms with E-state index in [1.165, 1.54) is 12.0 Å². The topological polar surface area (TPSA) is 12.0 Å². The minimum Gasteiger partial charge on any atom is -0.310 e. The molecule has 1 atom stereocenters. The Balaban J connectivity index is 2.79. The molecule has 0 aliphatic rings. The normalized spacial score (nSPS) is 13.0. The molecule has 0 saturated heterocycles. The van der Waals surface area contributed by atoms with Crippen molar-refractivity contribution in [2.24, 2.45) is 5.92 Å². The van der Waals surface area contributed by atoms with Gasteiger partial charge in [0.05, 0.1) is 0 Å². The fourth-order valence-electron chi connectivity index (χ4n) is 2.22. The molecule has 1 aromatic carbocycles. The van der Waals surface area contributed by atoms with Crippen LogP contribution in [-0.4, -0.2) is 6.54 Å². The molecule has 0 spiro atoms. The van der Waals surface area contributed by atoms with Crippen LogP contribution in [0.1, 0.15) is 57.2 Å². The zero-order valence-electron chi connectivity index (χ0n) is 12.1. The van der Waals surface area contributed by atoms with Gasteiger partial charge in [-0.2, -0.15) is 0 Å². The van der Waals surface area contributed by atoms with E-state index >= 15 is 0 Å². The van der Waals surface area contributed by atoms with E-state index in [1.807, 2.05) is 13.0 Å². The van der Waals surface area contributed by atoms with Crippen molar-refractivity contribution in [3.8, 4) is 0 Å². The van der Waals surface area contributed by atoms with Gasteiger partial charge in [-0.25, -0.2) is 4.39 Å². The molecule has 0 aliphatic heterocycles. The van der Waals surface area contributed by atoms with Crippen LogP contribution in [0.3, 0.4) is 0 Å². The number of hydrogen-bond donors (Lipinski definition) is 1. The molecule has 1 nitrogen and oxygen atoms in total. The Kier molecular flexibility index (Phi) is 6.34. The van der Waals surface area contributed by atoms with Gasteiger partial charge in [0.1, 0.15) is 5.82 Å². The summed E-state index contributed by atoms with van der Waals surface area (Å²) in [4.78, 5) is 0. The molecule has 1 aromatic rings. The third-order valence-electron chi connectivity index (χ3n) is 3.28. The lowest BCUT2D eigenvalue weighted by Gasteiger charge is -2.22. The summed E-state index contributed by atoms with van der Waals surface area (Å²) in [5, 5.41) is 3.58. The molecule has 1 N–H and O–H groups in total. The molecule has 0 fully saturated rings. The molecule has 102 valence electrons. The largest absolute Gasteiger partial charge is 0.310 e. The average molecular weight is 251 g/mol. The summed E-state index contributed by atoms with van der Waals surface area (Å²) in [5.74, 6) is 0.561. The molecule has 1 rings (SSSR count). The smallest absolute Gasteiger partial charge is 0.123 e. The van der Waals surface area contributed by atoms with E-state index in [0.717, 1.165) is 24.9 Å². The second-order valence-electron chi connectivity index (χ2n) is 5.48. The van der Waals surface area contributed by atoms with Crippen LogP contribution in [0.25, 0.3) is 0 Å². The van der Waals surface area contributed by atoms with Crippen LogP contribution in [-0.2, 0) is 0 Å². The summed E-state index contributed by atoms with van der Waals surface area (Å²) in [6, 6.07) is 5.48. The van der Waals surface area contributed by atoms with E-state index in [-0.39, 0.29) is 5.82 Å². The van der Waals surface area contributed by atoms with Gasteiger partial charge in [-0.1, -0.05) is 26.8 Å². The van der Waals surface area contributed by atoms with Gasteiger partial charge in [-0.15, -0.1) is 0 Å². The van der Waals surface area contributed by atoms with Gasteiger partial charge in [-0.3, -0.25) is 0 Å². The fraction of sp³-hybridized carbons (Fsp3) is 0.625. The fourth-order valence-corrected chi connectivity index (χ4v) is 2.22. The van der Waals surface area contributed by atoms with Crippen molar-refractivity contribution in [1.82, 2.24) is 5.32 Å². The van der Waals surface area contributed by atoms with Crippen molar-refractivity contribution in [3.05, 3.63) is 35.1 Å². The Morgan fingerprint density at radius 3 is 2.50 bits per heavy atom. The molecule has 2 heteroatoms. The van der Waals surface area contributed by atoms with Crippen LogP contribution in [0.4, 0.5) is 4.39 Å². The monoisotopic (exact) mass is 251 g/mol.